The third-order valence-corrected chi connectivity index (χ3v) is 0.333. The van der Waals surface area contributed by atoms with Crippen molar-refractivity contribution >= 4 is 11.9 Å². The summed E-state index contributed by atoms with van der Waals surface area (Å²) in [6.07, 6.45) is 0. The van der Waals surface area contributed by atoms with Crippen LogP contribution in [0.3, 0.4) is 0 Å². The number of rotatable bonds is 2. The van der Waals surface area contributed by atoms with E-state index >= 15 is 0 Å². The number of hydrogen-bond donors (Lipinski definition) is 2. The van der Waals surface area contributed by atoms with E-state index in [9.17, 15) is 0 Å². The molecule has 0 saturated carbocycles. The van der Waals surface area contributed by atoms with Crippen molar-refractivity contribution in [2.24, 2.45) is 11.5 Å². The Balaban J connectivity index is -0.0000000178. The van der Waals surface area contributed by atoms with E-state index in [0.717, 1.165) is 0 Å². The molecule has 0 fully saturated rings. The predicted octanol–water partition coefficient (Wildman–Crippen LogP) is -7.09. The first-order valence-corrected chi connectivity index (χ1v) is 2.34. The van der Waals surface area contributed by atoms with Crippen molar-refractivity contribution in [3.8, 4) is 0 Å². The van der Waals surface area contributed by atoms with Crippen LogP contribution in [0.2, 0.25) is 0 Å². The van der Waals surface area contributed by atoms with Crippen LogP contribution < -0.4 is 21.7 Å². The van der Waals surface area contributed by atoms with Gasteiger partial charge in [0.05, 0.1) is 11.9 Å². The zero-order valence-corrected chi connectivity index (χ0v) is 10.4. The third kappa shape index (κ3) is 108. The first-order valence-electron chi connectivity index (χ1n) is 2.34. The smallest absolute Gasteiger partial charge is 0.549 e. The molecule has 0 heterocycles. The Morgan fingerprint density at radius 2 is 0.929 bits per heavy atom. The summed E-state index contributed by atoms with van der Waals surface area (Å²) in [5, 5.41) is 18.3. The summed E-state index contributed by atoms with van der Waals surface area (Å²) >= 11 is 0. The minimum absolute atomic E-state index is 0. The molecular formula is C4H14N2O7Zn. The Labute approximate surface area is 92.8 Å². The molecule has 0 atom stereocenters. The van der Waals surface area contributed by atoms with Crippen LogP contribution in [0.5, 0.6) is 0 Å². The van der Waals surface area contributed by atoms with Gasteiger partial charge in [-0.25, -0.2) is 0 Å². The van der Waals surface area contributed by atoms with E-state index in [2.05, 4.69) is 11.5 Å². The van der Waals surface area contributed by atoms with Crippen molar-refractivity contribution in [2.75, 3.05) is 13.1 Å². The summed E-state index contributed by atoms with van der Waals surface area (Å²) in [5.41, 5.74) is 9.02. The molecule has 0 radical (unpaired) electrons. The van der Waals surface area contributed by atoms with E-state index in [1.807, 2.05) is 0 Å². The van der Waals surface area contributed by atoms with Crippen LogP contribution in [0, 0.1) is 0 Å². The molecule has 0 saturated heterocycles. The van der Waals surface area contributed by atoms with Crippen LogP contribution in [-0.2, 0) is 29.1 Å². The molecule has 0 unspecified atom stereocenters. The summed E-state index contributed by atoms with van der Waals surface area (Å²) in [6, 6.07) is 0. The number of carbonyl (C=O) groups is 2. The molecule has 0 amide bonds. The van der Waals surface area contributed by atoms with Gasteiger partial charge in [0.2, 0.25) is 0 Å². The maximum Gasteiger partial charge on any atom is 2.00 e. The molecule has 10 N–H and O–H groups in total. The van der Waals surface area contributed by atoms with E-state index in [4.69, 9.17) is 19.8 Å². The van der Waals surface area contributed by atoms with Gasteiger partial charge < -0.3 is 47.7 Å². The number of hydrogen-bond acceptors (Lipinski definition) is 6. The van der Waals surface area contributed by atoms with Crippen LogP contribution in [0.1, 0.15) is 0 Å². The monoisotopic (exact) mass is 266 g/mol. The van der Waals surface area contributed by atoms with E-state index in [1.54, 1.807) is 0 Å². The van der Waals surface area contributed by atoms with Crippen LogP contribution >= 0.6 is 0 Å². The fraction of sp³-hybridized carbons (Fsp3) is 0.500. The maximum atomic E-state index is 9.13. The summed E-state index contributed by atoms with van der Waals surface area (Å²) in [4.78, 5) is 18.3. The van der Waals surface area contributed by atoms with Gasteiger partial charge >= 0.3 is 19.5 Å². The molecule has 0 aromatic rings. The molecule has 0 spiro atoms. The van der Waals surface area contributed by atoms with Crippen molar-refractivity contribution in [1.82, 2.24) is 0 Å². The molecule has 0 aliphatic heterocycles. The van der Waals surface area contributed by atoms with E-state index < -0.39 is 11.9 Å². The summed E-state index contributed by atoms with van der Waals surface area (Å²) in [7, 11) is 0. The van der Waals surface area contributed by atoms with Gasteiger partial charge in [0, 0.05) is 13.1 Å². The molecule has 10 heteroatoms. The minimum atomic E-state index is -1.22. The second-order valence-electron chi connectivity index (χ2n) is 1.15. The zero-order chi connectivity index (χ0) is 8.57. The Bertz CT molecular complexity index is 108. The summed E-state index contributed by atoms with van der Waals surface area (Å²) < 4.78 is 0. The van der Waals surface area contributed by atoms with Crippen LogP contribution in [0.25, 0.3) is 0 Å². The largest absolute Gasteiger partial charge is 2.00 e. The standard InChI is InChI=1S/2C2H5NO2.3H2O.Zn/c2*3-1-2(4)5;;;;/h2*1,3H2,(H,4,5);3*1H2;/q;;;;;+2/p-2. The first-order chi connectivity index (χ1) is 4.54. The Morgan fingerprint density at radius 1 is 0.857 bits per heavy atom. The van der Waals surface area contributed by atoms with Crippen LogP contribution in [0.15, 0.2) is 0 Å². The summed E-state index contributed by atoms with van der Waals surface area (Å²) in [6.45, 7) is -0.778. The Hall–Kier alpha value is -0.637. The SMILES string of the molecule is NCC(=O)[O-].NCC(=O)[O-].O.O.O.[Zn+2]. The van der Waals surface area contributed by atoms with Gasteiger partial charge in [0.25, 0.3) is 0 Å². The van der Waals surface area contributed by atoms with Gasteiger partial charge in [-0.1, -0.05) is 0 Å². The quantitative estimate of drug-likeness (QED) is 0.461. The van der Waals surface area contributed by atoms with Gasteiger partial charge in [-0.3, -0.25) is 0 Å². The second kappa shape index (κ2) is 29.4. The fourth-order valence-corrected chi connectivity index (χ4v) is 0. The van der Waals surface area contributed by atoms with Gasteiger partial charge in [-0.05, 0) is 0 Å². The van der Waals surface area contributed by atoms with Crippen molar-refractivity contribution in [1.29, 1.82) is 0 Å². The zero-order valence-electron chi connectivity index (χ0n) is 7.41. The summed E-state index contributed by atoms with van der Waals surface area (Å²) in [5.74, 6) is -2.44. The third-order valence-electron chi connectivity index (χ3n) is 0.333. The van der Waals surface area contributed by atoms with Gasteiger partial charge in [0.1, 0.15) is 0 Å². The molecule has 9 nitrogen and oxygen atoms in total. The van der Waals surface area contributed by atoms with Crippen molar-refractivity contribution in [3.63, 3.8) is 0 Å². The second-order valence-corrected chi connectivity index (χ2v) is 1.15. The first kappa shape index (κ1) is 37.7. The fourth-order valence-electron chi connectivity index (χ4n) is 0. The molecular weight excluding hydrogens is 253 g/mol. The molecule has 84 valence electrons. The molecule has 0 aliphatic rings. The number of nitrogens with two attached hydrogens (primary N) is 2. The normalized spacial score (nSPS) is 5.29. The average Bonchev–Trinajstić information content (AvgIpc) is 1.89. The van der Waals surface area contributed by atoms with Gasteiger partial charge in [-0.15, -0.1) is 0 Å². The number of aliphatic carboxylic acids is 2. The molecule has 0 aromatic heterocycles. The average molecular weight is 268 g/mol. The van der Waals surface area contributed by atoms with Crippen LogP contribution in [-0.4, -0.2) is 41.5 Å². The van der Waals surface area contributed by atoms with Crippen molar-refractivity contribution in [3.05, 3.63) is 0 Å². The molecule has 0 bridgehead atoms. The van der Waals surface area contributed by atoms with Gasteiger partial charge in [0.15, 0.2) is 0 Å². The topological polar surface area (TPSA) is 227 Å². The number of carboxylic acid groups (broad SMARTS) is 2. The number of carbonyl (C=O) groups excluding carboxylic acids is 2. The van der Waals surface area contributed by atoms with E-state index in [1.165, 1.54) is 0 Å². The maximum absolute atomic E-state index is 9.13. The van der Waals surface area contributed by atoms with Gasteiger partial charge in [-0.2, -0.15) is 0 Å². The molecule has 0 aromatic carbocycles. The number of carboxylic acids is 2. The molecule has 14 heavy (non-hydrogen) atoms. The van der Waals surface area contributed by atoms with Crippen LogP contribution in [0.4, 0.5) is 0 Å². The minimum Gasteiger partial charge on any atom is -0.549 e. The Morgan fingerprint density at radius 3 is 0.929 bits per heavy atom. The van der Waals surface area contributed by atoms with E-state index in [-0.39, 0.29) is 49.0 Å². The van der Waals surface area contributed by atoms with Crippen molar-refractivity contribution in [2.45, 2.75) is 0 Å². The Kier molecular flexibility index (Phi) is 79.2. The predicted molar refractivity (Wildman–Crippen MR) is 39.0 cm³/mol. The van der Waals surface area contributed by atoms with E-state index in [0.29, 0.717) is 0 Å². The molecule has 0 aliphatic carbocycles. The molecule has 0 rings (SSSR count). The van der Waals surface area contributed by atoms with Crippen molar-refractivity contribution < 1.29 is 55.7 Å².